The first kappa shape index (κ1) is 19.8. The average molecular weight is 362 g/mol. The number of nitrogens with zero attached hydrogens (tertiary/aromatic N) is 1. The average Bonchev–Trinajstić information content (AvgIpc) is 3.14. The van der Waals surface area contributed by atoms with Crippen LogP contribution in [-0.4, -0.2) is 49.0 Å². The normalized spacial score (nSPS) is 15.9. The molecule has 1 N–H and O–H groups in total. The molecule has 7 nitrogen and oxygen atoms in total. The zero-order chi connectivity index (χ0) is 19.1. The molecule has 0 aromatic heterocycles. The maximum Gasteiger partial charge on any atom is 0.309 e. The summed E-state index contributed by atoms with van der Waals surface area (Å²) < 4.78 is 10.4. The van der Waals surface area contributed by atoms with Gasteiger partial charge in [-0.05, 0) is 37.5 Å². The summed E-state index contributed by atoms with van der Waals surface area (Å²) in [5, 5.41) is 2.75. The summed E-state index contributed by atoms with van der Waals surface area (Å²) in [6, 6.07) is 6.56. The zero-order valence-corrected chi connectivity index (χ0v) is 15.5. The fourth-order valence-electron chi connectivity index (χ4n) is 2.99. The molecule has 0 aliphatic carbocycles. The zero-order valence-electron chi connectivity index (χ0n) is 15.5. The van der Waals surface area contributed by atoms with Gasteiger partial charge in [0.2, 0.25) is 5.91 Å². The van der Waals surface area contributed by atoms with Gasteiger partial charge >= 0.3 is 5.97 Å². The molecule has 1 aliphatic heterocycles. The lowest BCUT2D eigenvalue weighted by atomic mass is 10.0. The third-order valence-electron chi connectivity index (χ3n) is 4.34. The van der Waals surface area contributed by atoms with Crippen LogP contribution in [0.3, 0.4) is 0 Å². The molecule has 1 fully saturated rings. The smallest absolute Gasteiger partial charge is 0.309 e. The number of benzene rings is 1. The highest BCUT2D eigenvalue weighted by atomic mass is 16.5. The third kappa shape index (κ3) is 5.47. The summed E-state index contributed by atoms with van der Waals surface area (Å²) in [6.45, 7) is 4.39. The second-order valence-electron chi connectivity index (χ2n) is 6.39. The monoisotopic (exact) mass is 362 g/mol. The van der Waals surface area contributed by atoms with Crippen LogP contribution < -0.4 is 10.1 Å². The Kier molecular flexibility index (Phi) is 7.00. The standard InChI is InChI=1S/C19H26N2O5/c1-13(19(24)21-10-4-5-11-21)26-18(23)12-17(20-14(2)22)15-6-8-16(25-3)9-7-15/h6-9,13,17H,4-5,10-12H2,1-3H3,(H,20,22). The van der Waals surface area contributed by atoms with Crippen LogP contribution in [0.15, 0.2) is 24.3 Å². The van der Waals surface area contributed by atoms with Gasteiger partial charge in [0, 0.05) is 20.0 Å². The number of methoxy groups -OCH3 is 1. The predicted octanol–water partition coefficient (Wildman–Crippen LogP) is 1.82. The summed E-state index contributed by atoms with van der Waals surface area (Å²) in [6.07, 6.45) is 1.08. The number of nitrogens with one attached hydrogen (secondary N) is 1. The molecule has 2 amide bonds. The van der Waals surface area contributed by atoms with Gasteiger partial charge in [-0.25, -0.2) is 0 Å². The van der Waals surface area contributed by atoms with Crippen LogP contribution in [-0.2, 0) is 19.1 Å². The predicted molar refractivity (Wildman–Crippen MR) is 95.5 cm³/mol. The Bertz CT molecular complexity index is 638. The molecular formula is C19H26N2O5. The molecule has 1 aliphatic rings. The van der Waals surface area contributed by atoms with Crippen molar-refractivity contribution in [1.82, 2.24) is 10.2 Å². The number of rotatable bonds is 7. The second-order valence-corrected chi connectivity index (χ2v) is 6.39. The SMILES string of the molecule is COc1ccc(C(CC(=O)OC(C)C(=O)N2CCCC2)NC(C)=O)cc1. The first-order valence-electron chi connectivity index (χ1n) is 8.80. The van der Waals surface area contributed by atoms with Crippen LogP contribution in [0.5, 0.6) is 5.75 Å². The van der Waals surface area contributed by atoms with E-state index in [1.54, 1.807) is 43.2 Å². The first-order valence-corrected chi connectivity index (χ1v) is 8.80. The van der Waals surface area contributed by atoms with E-state index >= 15 is 0 Å². The molecular weight excluding hydrogens is 336 g/mol. The molecule has 0 spiro atoms. The summed E-state index contributed by atoms with van der Waals surface area (Å²) in [5.74, 6) is -0.265. The van der Waals surface area contributed by atoms with Crippen LogP contribution in [0.1, 0.15) is 44.7 Å². The number of hydrogen-bond acceptors (Lipinski definition) is 5. The van der Waals surface area contributed by atoms with Gasteiger partial charge < -0.3 is 19.7 Å². The second kappa shape index (κ2) is 9.22. The molecule has 0 saturated carbocycles. The lowest BCUT2D eigenvalue weighted by molar-refractivity contribution is -0.159. The molecule has 0 radical (unpaired) electrons. The highest BCUT2D eigenvalue weighted by molar-refractivity contribution is 5.84. The van der Waals surface area contributed by atoms with E-state index in [4.69, 9.17) is 9.47 Å². The minimum Gasteiger partial charge on any atom is -0.497 e. The van der Waals surface area contributed by atoms with Crippen molar-refractivity contribution in [2.45, 2.75) is 45.3 Å². The lowest BCUT2D eigenvalue weighted by Crippen LogP contribution is -2.38. The van der Waals surface area contributed by atoms with Gasteiger partial charge in [-0.1, -0.05) is 12.1 Å². The molecule has 1 heterocycles. The highest BCUT2D eigenvalue weighted by Gasteiger charge is 2.27. The Balaban J connectivity index is 1.98. The molecule has 1 aromatic rings. The fourth-order valence-corrected chi connectivity index (χ4v) is 2.99. The molecule has 7 heteroatoms. The highest BCUT2D eigenvalue weighted by Crippen LogP contribution is 2.21. The number of ether oxygens (including phenoxy) is 2. The van der Waals surface area contributed by atoms with Gasteiger partial charge in [0.05, 0.1) is 19.6 Å². The van der Waals surface area contributed by atoms with Gasteiger partial charge in [-0.2, -0.15) is 0 Å². The van der Waals surface area contributed by atoms with Crippen molar-refractivity contribution in [1.29, 1.82) is 0 Å². The third-order valence-corrected chi connectivity index (χ3v) is 4.34. The number of likely N-dealkylation sites (tertiary alicyclic amines) is 1. The van der Waals surface area contributed by atoms with Crippen LogP contribution >= 0.6 is 0 Å². The van der Waals surface area contributed by atoms with Crippen molar-refractivity contribution in [3.63, 3.8) is 0 Å². The minimum atomic E-state index is -0.825. The van der Waals surface area contributed by atoms with Crippen molar-refractivity contribution in [3.8, 4) is 5.75 Å². The van der Waals surface area contributed by atoms with E-state index < -0.39 is 18.1 Å². The molecule has 2 rings (SSSR count). The van der Waals surface area contributed by atoms with Crippen LogP contribution in [0.4, 0.5) is 0 Å². The van der Waals surface area contributed by atoms with Gasteiger partial charge in [0.25, 0.3) is 5.91 Å². The van der Waals surface area contributed by atoms with E-state index in [9.17, 15) is 14.4 Å². The Morgan fingerprint density at radius 1 is 1.15 bits per heavy atom. The first-order chi connectivity index (χ1) is 12.4. The number of carbonyl (C=O) groups is 3. The lowest BCUT2D eigenvalue weighted by Gasteiger charge is -2.22. The van der Waals surface area contributed by atoms with E-state index in [0.717, 1.165) is 18.4 Å². The van der Waals surface area contributed by atoms with Crippen molar-refractivity contribution in [2.24, 2.45) is 0 Å². The Morgan fingerprint density at radius 3 is 2.31 bits per heavy atom. The summed E-state index contributed by atoms with van der Waals surface area (Å²) in [5.41, 5.74) is 0.761. The summed E-state index contributed by atoms with van der Waals surface area (Å²) in [4.78, 5) is 37.7. The van der Waals surface area contributed by atoms with Crippen molar-refractivity contribution in [2.75, 3.05) is 20.2 Å². The van der Waals surface area contributed by atoms with Crippen LogP contribution in [0.2, 0.25) is 0 Å². The molecule has 2 atom stereocenters. The van der Waals surface area contributed by atoms with E-state index in [-0.39, 0.29) is 18.2 Å². The molecule has 1 aromatic carbocycles. The molecule has 0 bridgehead atoms. The molecule has 26 heavy (non-hydrogen) atoms. The van der Waals surface area contributed by atoms with Gasteiger partial charge in [0.15, 0.2) is 6.10 Å². The Morgan fingerprint density at radius 2 is 1.77 bits per heavy atom. The fraction of sp³-hybridized carbons (Fsp3) is 0.526. The van der Waals surface area contributed by atoms with E-state index in [1.165, 1.54) is 6.92 Å². The quantitative estimate of drug-likeness (QED) is 0.748. The van der Waals surface area contributed by atoms with Crippen LogP contribution in [0, 0.1) is 0 Å². The maximum atomic E-state index is 12.3. The topological polar surface area (TPSA) is 84.9 Å². The number of carbonyl (C=O) groups excluding carboxylic acids is 3. The summed E-state index contributed by atoms with van der Waals surface area (Å²) >= 11 is 0. The van der Waals surface area contributed by atoms with E-state index in [1.807, 2.05) is 0 Å². The summed E-state index contributed by atoms with van der Waals surface area (Å²) in [7, 11) is 1.57. The molecule has 142 valence electrons. The number of amides is 2. The van der Waals surface area contributed by atoms with Crippen molar-refractivity contribution in [3.05, 3.63) is 29.8 Å². The number of hydrogen-bond donors (Lipinski definition) is 1. The van der Waals surface area contributed by atoms with Crippen molar-refractivity contribution >= 4 is 17.8 Å². The number of esters is 1. The van der Waals surface area contributed by atoms with E-state index in [2.05, 4.69) is 5.32 Å². The Hall–Kier alpha value is -2.57. The van der Waals surface area contributed by atoms with Crippen LogP contribution in [0.25, 0.3) is 0 Å². The van der Waals surface area contributed by atoms with Gasteiger partial charge in [-0.15, -0.1) is 0 Å². The van der Waals surface area contributed by atoms with Gasteiger partial charge in [0.1, 0.15) is 5.75 Å². The molecule has 2 unspecified atom stereocenters. The molecule has 1 saturated heterocycles. The maximum absolute atomic E-state index is 12.3. The van der Waals surface area contributed by atoms with E-state index in [0.29, 0.717) is 18.8 Å². The Labute approximate surface area is 153 Å². The van der Waals surface area contributed by atoms with Gasteiger partial charge in [-0.3, -0.25) is 14.4 Å². The minimum absolute atomic E-state index is 0.0521. The largest absolute Gasteiger partial charge is 0.497 e. The van der Waals surface area contributed by atoms with Crippen molar-refractivity contribution < 1.29 is 23.9 Å².